The normalized spacial score (nSPS) is 14.4. The lowest BCUT2D eigenvalue weighted by Crippen LogP contribution is -2.29. The van der Waals surface area contributed by atoms with Gasteiger partial charge in [-0.05, 0) is 43.5 Å². The van der Waals surface area contributed by atoms with Crippen molar-refractivity contribution in [2.45, 2.75) is 32.7 Å². The summed E-state index contributed by atoms with van der Waals surface area (Å²) < 4.78 is 10.7. The molecule has 0 radical (unpaired) electrons. The molecule has 2 rings (SSSR count). The molecule has 0 amide bonds. The van der Waals surface area contributed by atoms with Crippen LogP contribution in [-0.2, 0) is 12.0 Å². The molecule has 1 aromatic rings. The number of aryl methyl sites for hydroxylation is 1. The van der Waals surface area contributed by atoms with Gasteiger partial charge in [0.15, 0.2) is 11.5 Å². The van der Waals surface area contributed by atoms with Crippen molar-refractivity contribution in [2.75, 3.05) is 6.79 Å². The summed E-state index contributed by atoms with van der Waals surface area (Å²) in [5.41, 5.74) is 8.15. The Hall–Kier alpha value is -1.22. The van der Waals surface area contributed by atoms with E-state index in [2.05, 4.69) is 6.92 Å². The second kappa shape index (κ2) is 3.42. The van der Waals surface area contributed by atoms with Gasteiger partial charge in [0, 0.05) is 5.54 Å². The van der Waals surface area contributed by atoms with E-state index in [9.17, 15) is 0 Å². The molecule has 0 spiro atoms. The predicted molar refractivity (Wildman–Crippen MR) is 59.2 cm³/mol. The van der Waals surface area contributed by atoms with E-state index >= 15 is 0 Å². The van der Waals surface area contributed by atoms with Crippen LogP contribution in [0.15, 0.2) is 12.1 Å². The smallest absolute Gasteiger partial charge is 0.231 e. The zero-order valence-corrected chi connectivity index (χ0v) is 9.46. The van der Waals surface area contributed by atoms with Crippen LogP contribution in [0, 0.1) is 0 Å². The summed E-state index contributed by atoms with van der Waals surface area (Å²) in [7, 11) is 0. The largest absolute Gasteiger partial charge is 0.454 e. The van der Waals surface area contributed by atoms with Gasteiger partial charge in [0.2, 0.25) is 6.79 Å². The summed E-state index contributed by atoms with van der Waals surface area (Å²) in [6.45, 7) is 6.44. The third kappa shape index (κ3) is 1.79. The fourth-order valence-electron chi connectivity index (χ4n) is 1.88. The van der Waals surface area contributed by atoms with Crippen molar-refractivity contribution in [3.8, 4) is 11.5 Å². The van der Waals surface area contributed by atoms with E-state index in [-0.39, 0.29) is 5.54 Å². The predicted octanol–water partition coefficient (Wildman–Crippen LogP) is 2.17. The molecule has 82 valence electrons. The first-order chi connectivity index (χ1) is 7.02. The first-order valence-corrected chi connectivity index (χ1v) is 5.24. The Bertz CT molecular complexity index is 380. The zero-order chi connectivity index (χ0) is 11.1. The van der Waals surface area contributed by atoms with Gasteiger partial charge < -0.3 is 15.2 Å². The average Bonchev–Trinajstić information content (AvgIpc) is 2.60. The second-order valence-corrected chi connectivity index (χ2v) is 4.44. The number of nitrogens with two attached hydrogens (primary N) is 1. The van der Waals surface area contributed by atoms with Crippen LogP contribution in [0.25, 0.3) is 0 Å². The van der Waals surface area contributed by atoms with Crippen molar-refractivity contribution >= 4 is 0 Å². The van der Waals surface area contributed by atoms with Crippen LogP contribution in [0.2, 0.25) is 0 Å². The van der Waals surface area contributed by atoms with Crippen LogP contribution in [-0.4, -0.2) is 6.79 Å². The molecular weight excluding hydrogens is 190 g/mol. The fourth-order valence-corrected chi connectivity index (χ4v) is 1.88. The van der Waals surface area contributed by atoms with Crippen LogP contribution in [0.1, 0.15) is 31.9 Å². The zero-order valence-electron chi connectivity index (χ0n) is 9.46. The highest BCUT2D eigenvalue weighted by atomic mass is 16.7. The highest BCUT2D eigenvalue weighted by molar-refractivity contribution is 5.50. The quantitative estimate of drug-likeness (QED) is 0.808. The maximum atomic E-state index is 6.13. The molecule has 0 aromatic heterocycles. The highest BCUT2D eigenvalue weighted by Gasteiger charge is 2.23. The summed E-state index contributed by atoms with van der Waals surface area (Å²) in [5.74, 6) is 1.64. The molecule has 0 saturated heterocycles. The Kier molecular flexibility index (Phi) is 2.35. The SMILES string of the molecule is CCc1cc2c(cc1C(C)(C)N)OCO2. The lowest BCUT2D eigenvalue weighted by Gasteiger charge is -2.23. The van der Waals surface area contributed by atoms with Crippen molar-refractivity contribution in [1.29, 1.82) is 0 Å². The molecule has 3 nitrogen and oxygen atoms in total. The van der Waals surface area contributed by atoms with Gasteiger partial charge in [-0.25, -0.2) is 0 Å². The van der Waals surface area contributed by atoms with Crippen molar-refractivity contribution in [2.24, 2.45) is 5.73 Å². The molecule has 1 aliphatic heterocycles. The minimum absolute atomic E-state index is 0.312. The van der Waals surface area contributed by atoms with Gasteiger partial charge in [-0.3, -0.25) is 0 Å². The summed E-state index contributed by atoms with van der Waals surface area (Å²) in [6, 6.07) is 4.04. The number of rotatable bonds is 2. The number of ether oxygens (including phenoxy) is 2. The summed E-state index contributed by atoms with van der Waals surface area (Å²) in [6.07, 6.45) is 0.951. The Morgan fingerprint density at radius 2 is 1.87 bits per heavy atom. The van der Waals surface area contributed by atoms with E-state index in [1.165, 1.54) is 5.56 Å². The molecular formula is C12H17NO2. The first-order valence-electron chi connectivity index (χ1n) is 5.24. The van der Waals surface area contributed by atoms with Gasteiger partial charge >= 0.3 is 0 Å². The Labute approximate surface area is 90.2 Å². The van der Waals surface area contributed by atoms with E-state index in [1.807, 2.05) is 26.0 Å². The summed E-state index contributed by atoms with van der Waals surface area (Å²) in [5, 5.41) is 0. The van der Waals surface area contributed by atoms with Crippen LogP contribution in [0.3, 0.4) is 0 Å². The molecule has 1 aliphatic rings. The third-order valence-electron chi connectivity index (χ3n) is 2.67. The molecule has 2 N–H and O–H groups in total. The van der Waals surface area contributed by atoms with E-state index in [4.69, 9.17) is 15.2 Å². The van der Waals surface area contributed by atoms with Crippen molar-refractivity contribution in [1.82, 2.24) is 0 Å². The van der Waals surface area contributed by atoms with Gasteiger partial charge in [-0.1, -0.05) is 6.92 Å². The van der Waals surface area contributed by atoms with E-state index in [0.29, 0.717) is 6.79 Å². The van der Waals surface area contributed by atoms with Crippen molar-refractivity contribution in [3.63, 3.8) is 0 Å². The van der Waals surface area contributed by atoms with Crippen LogP contribution >= 0.6 is 0 Å². The van der Waals surface area contributed by atoms with Crippen molar-refractivity contribution in [3.05, 3.63) is 23.3 Å². The maximum absolute atomic E-state index is 6.13. The Morgan fingerprint density at radius 1 is 1.27 bits per heavy atom. The maximum Gasteiger partial charge on any atom is 0.231 e. The molecule has 15 heavy (non-hydrogen) atoms. The minimum atomic E-state index is -0.341. The van der Waals surface area contributed by atoms with Gasteiger partial charge in [0.05, 0.1) is 0 Å². The lowest BCUT2D eigenvalue weighted by atomic mass is 9.89. The molecule has 1 aromatic carbocycles. The van der Waals surface area contributed by atoms with E-state index in [0.717, 1.165) is 23.5 Å². The van der Waals surface area contributed by atoms with Crippen molar-refractivity contribution < 1.29 is 9.47 Å². The second-order valence-electron chi connectivity index (χ2n) is 4.44. The topological polar surface area (TPSA) is 44.5 Å². The average molecular weight is 207 g/mol. The lowest BCUT2D eigenvalue weighted by molar-refractivity contribution is 0.174. The van der Waals surface area contributed by atoms with Gasteiger partial charge in [0.25, 0.3) is 0 Å². The highest BCUT2D eigenvalue weighted by Crippen LogP contribution is 2.37. The molecule has 0 atom stereocenters. The van der Waals surface area contributed by atoms with E-state index in [1.54, 1.807) is 0 Å². The van der Waals surface area contributed by atoms with E-state index < -0.39 is 0 Å². The fraction of sp³-hybridized carbons (Fsp3) is 0.500. The monoisotopic (exact) mass is 207 g/mol. The van der Waals surface area contributed by atoms with Crippen LogP contribution in [0.4, 0.5) is 0 Å². The number of benzene rings is 1. The molecule has 0 bridgehead atoms. The number of hydrogen-bond acceptors (Lipinski definition) is 3. The molecule has 1 heterocycles. The molecule has 0 unspecified atom stereocenters. The molecule has 0 saturated carbocycles. The standard InChI is InChI=1S/C12H17NO2/c1-4-8-5-10-11(15-7-14-10)6-9(8)12(2,3)13/h5-6H,4,7,13H2,1-3H3. The number of hydrogen-bond donors (Lipinski definition) is 1. The first kappa shape index (κ1) is 10.3. The molecule has 0 aliphatic carbocycles. The van der Waals surface area contributed by atoms with Gasteiger partial charge in [-0.15, -0.1) is 0 Å². The summed E-state index contributed by atoms with van der Waals surface area (Å²) >= 11 is 0. The molecule has 0 fully saturated rings. The van der Waals surface area contributed by atoms with Gasteiger partial charge in [-0.2, -0.15) is 0 Å². The minimum Gasteiger partial charge on any atom is -0.454 e. The Balaban J connectivity index is 2.54. The van der Waals surface area contributed by atoms with Crippen LogP contribution < -0.4 is 15.2 Å². The third-order valence-corrected chi connectivity index (χ3v) is 2.67. The van der Waals surface area contributed by atoms with Gasteiger partial charge in [0.1, 0.15) is 0 Å². The number of fused-ring (bicyclic) bond motifs is 1. The Morgan fingerprint density at radius 3 is 2.40 bits per heavy atom. The van der Waals surface area contributed by atoms with Crippen LogP contribution in [0.5, 0.6) is 11.5 Å². The molecule has 3 heteroatoms. The summed E-state index contributed by atoms with van der Waals surface area (Å²) in [4.78, 5) is 0.